The molecular formula is C25H27N3O3S. The third-order valence-corrected chi connectivity index (χ3v) is 6.02. The summed E-state index contributed by atoms with van der Waals surface area (Å²) in [4.78, 5) is 20.8. The van der Waals surface area contributed by atoms with E-state index in [9.17, 15) is 4.79 Å². The highest BCUT2D eigenvalue weighted by Crippen LogP contribution is 2.32. The molecule has 0 unspecified atom stereocenters. The van der Waals surface area contributed by atoms with Crippen LogP contribution >= 0.6 is 11.3 Å². The van der Waals surface area contributed by atoms with E-state index in [-0.39, 0.29) is 5.91 Å². The molecule has 0 atom stereocenters. The Balaban J connectivity index is 1.47. The molecule has 7 heteroatoms. The molecule has 1 saturated heterocycles. The van der Waals surface area contributed by atoms with Crippen LogP contribution < -0.4 is 10.1 Å². The van der Waals surface area contributed by atoms with Crippen molar-refractivity contribution in [1.82, 2.24) is 9.88 Å². The van der Waals surface area contributed by atoms with Gasteiger partial charge in [-0.3, -0.25) is 15.0 Å². The number of hydrogen-bond acceptors (Lipinski definition) is 6. The molecule has 0 spiro atoms. The molecule has 0 bridgehead atoms. The lowest BCUT2D eigenvalue weighted by Gasteiger charge is -2.26. The van der Waals surface area contributed by atoms with Crippen LogP contribution in [0.5, 0.6) is 5.75 Å². The smallest absolute Gasteiger partial charge is 0.250 e. The summed E-state index contributed by atoms with van der Waals surface area (Å²) in [5.41, 5.74) is 2.91. The van der Waals surface area contributed by atoms with Crippen LogP contribution in [0, 0.1) is 0 Å². The van der Waals surface area contributed by atoms with Gasteiger partial charge < -0.3 is 9.47 Å². The molecule has 166 valence electrons. The molecule has 32 heavy (non-hydrogen) atoms. The number of anilines is 1. The molecule has 1 aliphatic rings. The van der Waals surface area contributed by atoms with E-state index in [4.69, 9.17) is 14.5 Å². The van der Waals surface area contributed by atoms with Crippen molar-refractivity contribution < 1.29 is 14.3 Å². The first-order valence-electron chi connectivity index (χ1n) is 10.8. The quantitative estimate of drug-likeness (QED) is 0.506. The fourth-order valence-corrected chi connectivity index (χ4v) is 4.49. The molecular weight excluding hydrogens is 422 g/mol. The molecule has 1 aliphatic heterocycles. The van der Waals surface area contributed by atoms with Crippen LogP contribution in [0.3, 0.4) is 0 Å². The van der Waals surface area contributed by atoms with Gasteiger partial charge in [0.05, 0.1) is 25.5 Å². The number of carbonyl (C=O) groups excluding carboxylic acids is 1. The van der Waals surface area contributed by atoms with Gasteiger partial charge in [0.1, 0.15) is 5.75 Å². The molecule has 1 N–H and O–H groups in total. The third-order valence-electron chi connectivity index (χ3n) is 5.06. The number of aromatic nitrogens is 1. The van der Waals surface area contributed by atoms with Gasteiger partial charge in [-0.05, 0) is 30.7 Å². The van der Waals surface area contributed by atoms with Gasteiger partial charge in [0.15, 0.2) is 5.13 Å². The van der Waals surface area contributed by atoms with Gasteiger partial charge in [0, 0.05) is 36.2 Å². The average Bonchev–Trinajstić information content (AvgIpc) is 3.22. The van der Waals surface area contributed by atoms with Crippen LogP contribution in [-0.2, 0) is 16.1 Å². The summed E-state index contributed by atoms with van der Waals surface area (Å²) >= 11 is 1.53. The summed E-state index contributed by atoms with van der Waals surface area (Å²) in [6.45, 7) is 6.68. The monoisotopic (exact) mass is 449 g/mol. The van der Waals surface area contributed by atoms with Gasteiger partial charge in [-0.1, -0.05) is 53.8 Å². The van der Waals surface area contributed by atoms with E-state index in [1.807, 2.05) is 49.4 Å². The summed E-state index contributed by atoms with van der Waals surface area (Å²) in [6.07, 6.45) is 3.31. The Morgan fingerprint density at radius 2 is 1.91 bits per heavy atom. The summed E-state index contributed by atoms with van der Waals surface area (Å²) < 4.78 is 10.9. The summed E-state index contributed by atoms with van der Waals surface area (Å²) in [7, 11) is 0. The SMILES string of the molecule is CCOc1ccc(/C=C/C(=O)Nc2nc(-c3ccccc3)c(CN3CCOCC3)s2)cc1. The lowest BCUT2D eigenvalue weighted by molar-refractivity contribution is -0.111. The predicted octanol–water partition coefficient (Wildman–Crippen LogP) is 4.69. The van der Waals surface area contributed by atoms with Crippen LogP contribution in [0.4, 0.5) is 5.13 Å². The third kappa shape index (κ3) is 6.03. The fraction of sp³-hybridized carbons (Fsp3) is 0.280. The van der Waals surface area contributed by atoms with Crippen molar-refractivity contribution in [3.05, 3.63) is 71.1 Å². The van der Waals surface area contributed by atoms with Crippen molar-refractivity contribution in [2.45, 2.75) is 13.5 Å². The number of ether oxygens (including phenoxy) is 2. The Labute approximate surface area is 192 Å². The average molecular weight is 450 g/mol. The molecule has 0 radical (unpaired) electrons. The maximum atomic E-state index is 12.5. The minimum Gasteiger partial charge on any atom is -0.494 e. The summed E-state index contributed by atoms with van der Waals surface area (Å²) in [5.74, 6) is 0.614. The Bertz CT molecular complexity index is 1040. The van der Waals surface area contributed by atoms with E-state index in [1.165, 1.54) is 17.4 Å². The Hall–Kier alpha value is -3.00. The predicted molar refractivity (Wildman–Crippen MR) is 129 cm³/mol. The van der Waals surface area contributed by atoms with Crippen molar-refractivity contribution in [2.75, 3.05) is 38.2 Å². The number of hydrogen-bond donors (Lipinski definition) is 1. The number of thiazole rings is 1. The number of amides is 1. The molecule has 0 saturated carbocycles. The lowest BCUT2D eigenvalue weighted by atomic mass is 10.1. The van der Waals surface area contributed by atoms with E-state index < -0.39 is 0 Å². The van der Waals surface area contributed by atoms with Crippen LogP contribution in [0.25, 0.3) is 17.3 Å². The Morgan fingerprint density at radius 1 is 1.16 bits per heavy atom. The van der Waals surface area contributed by atoms with E-state index in [1.54, 1.807) is 6.08 Å². The first-order chi connectivity index (χ1) is 15.7. The van der Waals surface area contributed by atoms with E-state index in [2.05, 4.69) is 22.3 Å². The second kappa shape index (κ2) is 11.0. The molecule has 3 aromatic rings. The molecule has 1 aromatic heterocycles. The van der Waals surface area contributed by atoms with Gasteiger partial charge in [0.25, 0.3) is 0 Å². The lowest BCUT2D eigenvalue weighted by Crippen LogP contribution is -2.35. The minimum atomic E-state index is -0.204. The van der Waals surface area contributed by atoms with Crippen molar-refractivity contribution in [3.8, 4) is 17.0 Å². The molecule has 6 nitrogen and oxygen atoms in total. The van der Waals surface area contributed by atoms with Gasteiger partial charge in [-0.25, -0.2) is 4.98 Å². The second-order valence-electron chi connectivity index (χ2n) is 7.37. The van der Waals surface area contributed by atoms with E-state index in [0.717, 1.165) is 60.3 Å². The van der Waals surface area contributed by atoms with Gasteiger partial charge in [-0.15, -0.1) is 0 Å². The largest absolute Gasteiger partial charge is 0.494 e. The molecule has 2 aromatic carbocycles. The highest BCUT2D eigenvalue weighted by Gasteiger charge is 2.18. The fourth-order valence-electron chi connectivity index (χ4n) is 3.46. The number of carbonyl (C=O) groups is 1. The number of nitrogens with one attached hydrogen (secondary N) is 1. The first kappa shape index (κ1) is 22.2. The number of benzene rings is 2. The van der Waals surface area contributed by atoms with Crippen molar-refractivity contribution in [3.63, 3.8) is 0 Å². The highest BCUT2D eigenvalue weighted by atomic mass is 32.1. The summed E-state index contributed by atoms with van der Waals surface area (Å²) in [6, 6.07) is 17.7. The highest BCUT2D eigenvalue weighted by molar-refractivity contribution is 7.16. The van der Waals surface area contributed by atoms with E-state index in [0.29, 0.717) is 11.7 Å². The van der Waals surface area contributed by atoms with Crippen molar-refractivity contribution in [2.24, 2.45) is 0 Å². The zero-order valence-corrected chi connectivity index (χ0v) is 18.9. The van der Waals surface area contributed by atoms with Crippen LogP contribution in [0.1, 0.15) is 17.4 Å². The maximum absolute atomic E-state index is 12.5. The van der Waals surface area contributed by atoms with Crippen molar-refractivity contribution >= 4 is 28.5 Å². The Kier molecular flexibility index (Phi) is 7.66. The maximum Gasteiger partial charge on any atom is 0.250 e. The molecule has 1 fully saturated rings. The standard InChI is InChI=1S/C25H27N3O3S/c1-2-31-21-11-8-19(9-12-21)10-13-23(29)26-25-27-24(20-6-4-3-5-7-20)22(32-25)18-28-14-16-30-17-15-28/h3-13H,2,14-18H2,1H3,(H,26,27,29)/b13-10+. The number of morpholine rings is 1. The molecule has 0 aliphatic carbocycles. The van der Waals surface area contributed by atoms with Crippen LogP contribution in [0.15, 0.2) is 60.7 Å². The van der Waals surface area contributed by atoms with Crippen LogP contribution in [0.2, 0.25) is 0 Å². The molecule has 1 amide bonds. The second-order valence-corrected chi connectivity index (χ2v) is 8.45. The number of nitrogens with zero attached hydrogens (tertiary/aromatic N) is 2. The minimum absolute atomic E-state index is 0.204. The molecule has 4 rings (SSSR count). The zero-order chi connectivity index (χ0) is 22.2. The zero-order valence-electron chi connectivity index (χ0n) is 18.1. The van der Waals surface area contributed by atoms with Gasteiger partial charge in [-0.2, -0.15) is 0 Å². The number of rotatable bonds is 8. The molecule has 2 heterocycles. The first-order valence-corrected chi connectivity index (χ1v) is 11.6. The van der Waals surface area contributed by atoms with Crippen LogP contribution in [-0.4, -0.2) is 48.7 Å². The Morgan fingerprint density at radius 3 is 2.62 bits per heavy atom. The van der Waals surface area contributed by atoms with Crippen molar-refractivity contribution in [1.29, 1.82) is 0 Å². The van der Waals surface area contributed by atoms with E-state index >= 15 is 0 Å². The summed E-state index contributed by atoms with van der Waals surface area (Å²) in [5, 5.41) is 3.53. The van der Waals surface area contributed by atoms with Gasteiger partial charge >= 0.3 is 0 Å². The topological polar surface area (TPSA) is 63.7 Å². The normalized spacial score (nSPS) is 14.5. The van der Waals surface area contributed by atoms with Gasteiger partial charge in [0.2, 0.25) is 5.91 Å².